The van der Waals surface area contributed by atoms with E-state index >= 15 is 0 Å². The van der Waals surface area contributed by atoms with Crippen LogP contribution in [-0.2, 0) is 6.54 Å². The molecule has 104 valence electrons. The second-order valence-corrected chi connectivity index (χ2v) is 4.80. The summed E-state index contributed by atoms with van der Waals surface area (Å²) in [6.45, 7) is 0.726. The molecule has 0 spiro atoms. The zero-order valence-corrected chi connectivity index (χ0v) is 11.2. The summed E-state index contributed by atoms with van der Waals surface area (Å²) in [5.41, 5.74) is 7.67. The smallest absolute Gasteiger partial charge is 0.231 e. The summed E-state index contributed by atoms with van der Waals surface area (Å²) >= 11 is 5.65. The third-order valence-corrected chi connectivity index (χ3v) is 3.30. The number of nitrogens with two attached hydrogens (primary N) is 1. The quantitative estimate of drug-likeness (QED) is 0.852. The molecule has 1 aliphatic heterocycles. The van der Waals surface area contributed by atoms with E-state index in [0.29, 0.717) is 23.7 Å². The highest BCUT2D eigenvalue weighted by atomic mass is 35.5. The maximum Gasteiger partial charge on any atom is 0.231 e. The van der Waals surface area contributed by atoms with Crippen LogP contribution < -0.4 is 20.5 Å². The van der Waals surface area contributed by atoms with E-state index in [1.807, 2.05) is 18.2 Å². The van der Waals surface area contributed by atoms with Crippen molar-refractivity contribution in [3.05, 3.63) is 46.7 Å². The maximum absolute atomic E-state index is 13.4. The topological polar surface area (TPSA) is 56.5 Å². The van der Waals surface area contributed by atoms with Crippen molar-refractivity contribution >= 4 is 23.0 Å². The predicted octanol–water partition coefficient (Wildman–Crippen LogP) is 3.40. The number of benzene rings is 2. The van der Waals surface area contributed by atoms with Crippen molar-refractivity contribution in [3.63, 3.8) is 0 Å². The van der Waals surface area contributed by atoms with Crippen molar-refractivity contribution in [3.8, 4) is 11.5 Å². The Morgan fingerprint density at radius 3 is 2.85 bits per heavy atom. The van der Waals surface area contributed by atoms with Gasteiger partial charge in [-0.25, -0.2) is 4.39 Å². The number of ether oxygens (including phenoxy) is 2. The van der Waals surface area contributed by atoms with E-state index in [9.17, 15) is 4.39 Å². The second-order valence-electron chi connectivity index (χ2n) is 4.39. The summed E-state index contributed by atoms with van der Waals surface area (Å²) in [6.07, 6.45) is 0. The van der Waals surface area contributed by atoms with Crippen molar-refractivity contribution < 1.29 is 13.9 Å². The van der Waals surface area contributed by atoms with Crippen LogP contribution in [0.25, 0.3) is 0 Å². The SMILES string of the molecule is Nc1cc(Cl)c(F)cc1NCc1ccc2c(c1)OCO2. The van der Waals surface area contributed by atoms with Gasteiger partial charge in [-0.3, -0.25) is 0 Å². The number of anilines is 2. The molecule has 0 amide bonds. The van der Waals surface area contributed by atoms with Gasteiger partial charge in [-0.15, -0.1) is 0 Å². The van der Waals surface area contributed by atoms with E-state index in [0.717, 1.165) is 11.3 Å². The highest BCUT2D eigenvalue weighted by molar-refractivity contribution is 6.31. The molecule has 3 rings (SSSR count). The fraction of sp³-hybridized carbons (Fsp3) is 0.143. The lowest BCUT2D eigenvalue weighted by atomic mass is 10.2. The minimum atomic E-state index is -0.506. The molecule has 0 saturated carbocycles. The average Bonchev–Trinajstić information content (AvgIpc) is 2.89. The summed E-state index contributed by atoms with van der Waals surface area (Å²) < 4.78 is 23.9. The molecule has 4 nitrogen and oxygen atoms in total. The lowest BCUT2D eigenvalue weighted by Crippen LogP contribution is -2.03. The van der Waals surface area contributed by atoms with Gasteiger partial charge < -0.3 is 20.5 Å². The van der Waals surface area contributed by atoms with Crippen molar-refractivity contribution in [1.82, 2.24) is 0 Å². The van der Waals surface area contributed by atoms with Crippen LogP contribution in [0.5, 0.6) is 11.5 Å². The molecular formula is C14H12ClFN2O2. The number of hydrogen-bond acceptors (Lipinski definition) is 4. The number of nitrogen functional groups attached to an aromatic ring is 1. The van der Waals surface area contributed by atoms with E-state index < -0.39 is 5.82 Å². The van der Waals surface area contributed by atoms with Crippen molar-refractivity contribution in [1.29, 1.82) is 0 Å². The first-order valence-electron chi connectivity index (χ1n) is 6.00. The Morgan fingerprint density at radius 1 is 1.20 bits per heavy atom. The molecule has 0 aromatic heterocycles. The molecule has 0 unspecified atom stereocenters. The average molecular weight is 295 g/mol. The van der Waals surface area contributed by atoms with E-state index in [1.165, 1.54) is 12.1 Å². The first-order chi connectivity index (χ1) is 9.63. The summed E-state index contributed by atoms with van der Waals surface area (Å²) in [5, 5.41) is 3.08. The normalized spacial score (nSPS) is 12.5. The molecule has 0 aliphatic carbocycles. The largest absolute Gasteiger partial charge is 0.454 e. The van der Waals surface area contributed by atoms with Crippen molar-refractivity contribution in [2.75, 3.05) is 17.8 Å². The minimum Gasteiger partial charge on any atom is -0.454 e. The highest BCUT2D eigenvalue weighted by Crippen LogP contribution is 2.33. The summed E-state index contributed by atoms with van der Waals surface area (Å²) in [7, 11) is 0. The fourth-order valence-electron chi connectivity index (χ4n) is 1.96. The monoisotopic (exact) mass is 294 g/mol. The van der Waals surface area contributed by atoms with Crippen LogP contribution in [0, 0.1) is 5.82 Å². The Labute approximate surface area is 120 Å². The zero-order valence-electron chi connectivity index (χ0n) is 10.5. The van der Waals surface area contributed by atoms with Crippen LogP contribution in [0.15, 0.2) is 30.3 Å². The molecule has 1 heterocycles. The first-order valence-corrected chi connectivity index (χ1v) is 6.38. The van der Waals surface area contributed by atoms with Gasteiger partial charge in [0, 0.05) is 12.6 Å². The molecule has 0 saturated heterocycles. The Bertz CT molecular complexity index is 664. The van der Waals surface area contributed by atoms with Crippen LogP contribution in [0.2, 0.25) is 5.02 Å². The summed E-state index contributed by atoms with van der Waals surface area (Å²) in [6, 6.07) is 8.29. The van der Waals surface area contributed by atoms with Gasteiger partial charge in [0.1, 0.15) is 5.82 Å². The van der Waals surface area contributed by atoms with E-state index in [-0.39, 0.29) is 11.8 Å². The minimum absolute atomic E-state index is 0.0103. The molecule has 6 heteroatoms. The second kappa shape index (κ2) is 5.09. The van der Waals surface area contributed by atoms with Gasteiger partial charge in [0.25, 0.3) is 0 Å². The molecule has 0 radical (unpaired) electrons. The van der Waals surface area contributed by atoms with Crippen molar-refractivity contribution in [2.24, 2.45) is 0 Å². The van der Waals surface area contributed by atoms with E-state index in [2.05, 4.69) is 5.32 Å². The summed E-state index contributed by atoms with van der Waals surface area (Å²) in [4.78, 5) is 0. The Morgan fingerprint density at radius 2 is 2.00 bits per heavy atom. The molecule has 0 bridgehead atoms. The molecule has 2 aromatic carbocycles. The lowest BCUT2D eigenvalue weighted by Gasteiger charge is -2.10. The number of nitrogens with one attached hydrogen (secondary N) is 1. The zero-order chi connectivity index (χ0) is 14.1. The maximum atomic E-state index is 13.4. The Kier molecular flexibility index (Phi) is 3.28. The van der Waals surface area contributed by atoms with Gasteiger partial charge in [-0.2, -0.15) is 0 Å². The molecule has 1 aliphatic rings. The third-order valence-electron chi connectivity index (χ3n) is 3.01. The molecular weight excluding hydrogens is 283 g/mol. The Hall–Kier alpha value is -2.14. The first kappa shape index (κ1) is 12.9. The van der Waals surface area contributed by atoms with Gasteiger partial charge in [0.05, 0.1) is 16.4 Å². The third kappa shape index (κ3) is 2.44. The number of hydrogen-bond donors (Lipinski definition) is 2. The van der Waals surface area contributed by atoms with Gasteiger partial charge >= 0.3 is 0 Å². The lowest BCUT2D eigenvalue weighted by molar-refractivity contribution is 0.174. The van der Waals surface area contributed by atoms with Crippen LogP contribution >= 0.6 is 11.6 Å². The molecule has 20 heavy (non-hydrogen) atoms. The Balaban J connectivity index is 1.75. The van der Waals surface area contributed by atoms with E-state index in [4.69, 9.17) is 26.8 Å². The van der Waals surface area contributed by atoms with E-state index in [1.54, 1.807) is 0 Å². The standard InChI is InChI=1S/C14H12ClFN2O2/c15-9-4-11(17)12(5-10(9)16)18-6-8-1-2-13-14(3-8)20-7-19-13/h1-5,18H,6-7,17H2. The number of fused-ring (bicyclic) bond motifs is 1. The molecule has 0 fully saturated rings. The number of halogens is 2. The summed E-state index contributed by atoms with van der Waals surface area (Å²) in [5.74, 6) is 0.930. The van der Waals surface area contributed by atoms with Gasteiger partial charge in [-0.05, 0) is 23.8 Å². The highest BCUT2D eigenvalue weighted by Gasteiger charge is 2.13. The number of rotatable bonds is 3. The predicted molar refractivity (Wildman–Crippen MR) is 75.7 cm³/mol. The van der Waals surface area contributed by atoms with Gasteiger partial charge in [0.15, 0.2) is 11.5 Å². The molecule has 0 atom stereocenters. The molecule has 2 aromatic rings. The van der Waals surface area contributed by atoms with Crippen LogP contribution in [0.4, 0.5) is 15.8 Å². The van der Waals surface area contributed by atoms with Gasteiger partial charge in [0.2, 0.25) is 6.79 Å². The molecule has 3 N–H and O–H groups in total. The van der Waals surface area contributed by atoms with Crippen LogP contribution in [0.3, 0.4) is 0 Å². The van der Waals surface area contributed by atoms with Crippen LogP contribution in [0.1, 0.15) is 5.56 Å². The van der Waals surface area contributed by atoms with Gasteiger partial charge in [-0.1, -0.05) is 17.7 Å². The van der Waals surface area contributed by atoms with Crippen LogP contribution in [-0.4, -0.2) is 6.79 Å². The fourth-order valence-corrected chi connectivity index (χ4v) is 2.14. The van der Waals surface area contributed by atoms with Crippen molar-refractivity contribution in [2.45, 2.75) is 6.54 Å².